The molecule has 2 aromatic carbocycles. The van der Waals surface area contributed by atoms with E-state index in [1.54, 1.807) is 6.07 Å². The average molecular weight is 271 g/mol. The smallest absolute Gasteiger partial charge is 0.269 e. The van der Waals surface area contributed by atoms with Crippen molar-refractivity contribution in [2.45, 2.75) is 6.92 Å². The number of ketones is 1. The number of aryl methyl sites for hydroxylation is 1. The summed E-state index contributed by atoms with van der Waals surface area (Å²) >= 11 is 0. The third-order valence-electron chi connectivity index (χ3n) is 2.85. The predicted octanol–water partition coefficient (Wildman–Crippen LogP) is 3.16. The van der Waals surface area contributed by atoms with Gasteiger partial charge < -0.3 is 4.74 Å². The van der Waals surface area contributed by atoms with E-state index in [1.165, 1.54) is 24.3 Å². The Balaban J connectivity index is 2.02. The molecule has 0 spiro atoms. The number of Topliss-reactive ketones (excluding diaryl/α,β-unsaturated/α-hetero) is 1. The highest BCUT2D eigenvalue weighted by molar-refractivity contribution is 5.97. The largest absolute Gasteiger partial charge is 0.485 e. The highest BCUT2D eigenvalue weighted by atomic mass is 16.6. The summed E-state index contributed by atoms with van der Waals surface area (Å²) in [7, 11) is 0. The fraction of sp³-hybridized carbons (Fsp3) is 0.133. The van der Waals surface area contributed by atoms with Gasteiger partial charge in [-0.05, 0) is 30.7 Å². The Morgan fingerprint density at radius 3 is 2.40 bits per heavy atom. The lowest BCUT2D eigenvalue weighted by molar-refractivity contribution is -0.384. The number of hydrogen-bond acceptors (Lipinski definition) is 4. The Bertz CT molecular complexity index is 635. The number of benzene rings is 2. The van der Waals surface area contributed by atoms with Crippen molar-refractivity contribution in [2.24, 2.45) is 0 Å². The number of hydrogen-bond donors (Lipinski definition) is 0. The second-order valence-corrected chi connectivity index (χ2v) is 4.28. The summed E-state index contributed by atoms with van der Waals surface area (Å²) in [6.45, 7) is 1.80. The molecule has 0 saturated heterocycles. The fourth-order valence-corrected chi connectivity index (χ4v) is 1.71. The summed E-state index contributed by atoms with van der Waals surface area (Å²) in [5, 5.41) is 10.5. The summed E-state index contributed by atoms with van der Waals surface area (Å²) < 4.78 is 5.45. The van der Waals surface area contributed by atoms with Crippen LogP contribution in [0, 0.1) is 17.0 Å². The molecule has 5 heteroatoms. The van der Waals surface area contributed by atoms with Crippen LogP contribution in [-0.4, -0.2) is 17.3 Å². The van der Waals surface area contributed by atoms with E-state index in [-0.39, 0.29) is 18.1 Å². The van der Waals surface area contributed by atoms with Gasteiger partial charge in [0.15, 0.2) is 12.4 Å². The first kappa shape index (κ1) is 13.7. The highest BCUT2D eigenvalue weighted by Gasteiger charge is 2.10. The maximum absolute atomic E-state index is 11.9. The molecule has 2 aromatic rings. The van der Waals surface area contributed by atoms with Crippen molar-refractivity contribution in [1.29, 1.82) is 0 Å². The summed E-state index contributed by atoms with van der Waals surface area (Å²) in [6, 6.07) is 12.9. The molecule has 0 bridgehead atoms. The van der Waals surface area contributed by atoms with Crippen molar-refractivity contribution < 1.29 is 14.5 Å². The second kappa shape index (κ2) is 5.97. The SMILES string of the molecule is Cc1ccccc1OCC(=O)c1ccc([N+](=O)[O-])cc1. The topological polar surface area (TPSA) is 69.4 Å². The van der Waals surface area contributed by atoms with Crippen LogP contribution in [0.1, 0.15) is 15.9 Å². The van der Waals surface area contributed by atoms with Crippen LogP contribution in [0.4, 0.5) is 5.69 Å². The van der Waals surface area contributed by atoms with Crippen LogP contribution in [0.2, 0.25) is 0 Å². The minimum absolute atomic E-state index is 0.0404. The summed E-state index contributed by atoms with van der Waals surface area (Å²) in [5.74, 6) is 0.436. The Kier molecular flexibility index (Phi) is 4.10. The molecule has 0 amide bonds. The predicted molar refractivity (Wildman–Crippen MR) is 74.1 cm³/mol. The van der Waals surface area contributed by atoms with Crippen molar-refractivity contribution in [3.05, 3.63) is 69.8 Å². The number of carbonyl (C=O) groups excluding carboxylic acids is 1. The van der Waals surface area contributed by atoms with Gasteiger partial charge in [0.1, 0.15) is 5.75 Å². The molecule has 0 N–H and O–H groups in total. The molecule has 0 unspecified atom stereocenters. The molecule has 0 aliphatic carbocycles. The molecule has 2 rings (SSSR count). The average Bonchev–Trinajstić information content (AvgIpc) is 2.46. The summed E-state index contributed by atoms with van der Waals surface area (Å²) in [4.78, 5) is 21.9. The van der Waals surface area contributed by atoms with Gasteiger partial charge in [-0.25, -0.2) is 0 Å². The lowest BCUT2D eigenvalue weighted by atomic mass is 10.1. The van der Waals surface area contributed by atoms with Crippen LogP contribution in [0.5, 0.6) is 5.75 Å². The van der Waals surface area contributed by atoms with Gasteiger partial charge in [-0.3, -0.25) is 14.9 Å². The van der Waals surface area contributed by atoms with Gasteiger partial charge in [-0.1, -0.05) is 18.2 Å². The molecule has 0 heterocycles. The molecular weight excluding hydrogens is 258 g/mol. The van der Waals surface area contributed by atoms with E-state index >= 15 is 0 Å². The van der Waals surface area contributed by atoms with Crippen LogP contribution in [0.25, 0.3) is 0 Å². The van der Waals surface area contributed by atoms with Gasteiger partial charge in [0.05, 0.1) is 4.92 Å². The zero-order chi connectivity index (χ0) is 14.5. The molecule has 0 radical (unpaired) electrons. The summed E-state index contributed by atoms with van der Waals surface area (Å²) in [5.41, 5.74) is 1.30. The van der Waals surface area contributed by atoms with Crippen molar-refractivity contribution in [3.63, 3.8) is 0 Å². The van der Waals surface area contributed by atoms with E-state index in [4.69, 9.17) is 4.74 Å². The zero-order valence-corrected chi connectivity index (χ0v) is 10.9. The van der Waals surface area contributed by atoms with Gasteiger partial charge in [0, 0.05) is 17.7 Å². The first-order valence-electron chi connectivity index (χ1n) is 6.04. The van der Waals surface area contributed by atoms with Crippen molar-refractivity contribution in [1.82, 2.24) is 0 Å². The lowest BCUT2D eigenvalue weighted by Crippen LogP contribution is -2.12. The van der Waals surface area contributed by atoms with E-state index < -0.39 is 4.92 Å². The minimum atomic E-state index is -0.502. The second-order valence-electron chi connectivity index (χ2n) is 4.28. The van der Waals surface area contributed by atoms with Crippen LogP contribution >= 0.6 is 0 Å². The van der Waals surface area contributed by atoms with Crippen LogP contribution in [0.15, 0.2) is 48.5 Å². The number of nitro groups is 1. The number of para-hydroxylation sites is 1. The maximum Gasteiger partial charge on any atom is 0.269 e. The van der Waals surface area contributed by atoms with Gasteiger partial charge in [0.2, 0.25) is 0 Å². The monoisotopic (exact) mass is 271 g/mol. The fourth-order valence-electron chi connectivity index (χ4n) is 1.71. The standard InChI is InChI=1S/C15H13NO4/c1-11-4-2-3-5-15(11)20-10-14(17)12-6-8-13(9-7-12)16(18)19/h2-9H,10H2,1H3. The maximum atomic E-state index is 11.9. The van der Waals surface area contributed by atoms with Gasteiger partial charge in [-0.2, -0.15) is 0 Å². The first-order chi connectivity index (χ1) is 9.58. The van der Waals surface area contributed by atoms with E-state index in [2.05, 4.69) is 0 Å². The first-order valence-corrected chi connectivity index (χ1v) is 6.04. The lowest BCUT2D eigenvalue weighted by Gasteiger charge is -2.07. The Morgan fingerprint density at radius 1 is 1.15 bits per heavy atom. The van der Waals surface area contributed by atoms with Crippen LogP contribution in [-0.2, 0) is 0 Å². The van der Waals surface area contributed by atoms with Crippen molar-refractivity contribution in [3.8, 4) is 5.75 Å². The molecule has 0 saturated carbocycles. The Labute approximate surface area is 116 Å². The number of ether oxygens (including phenoxy) is 1. The normalized spacial score (nSPS) is 10.1. The van der Waals surface area contributed by atoms with E-state index in [0.717, 1.165) is 5.56 Å². The quantitative estimate of drug-likeness (QED) is 0.476. The van der Waals surface area contributed by atoms with Crippen molar-refractivity contribution >= 4 is 11.5 Å². The number of nitrogens with zero attached hydrogens (tertiary/aromatic N) is 1. The Hall–Kier alpha value is -2.69. The molecular formula is C15H13NO4. The van der Waals surface area contributed by atoms with E-state index in [1.807, 2.05) is 25.1 Å². The zero-order valence-electron chi connectivity index (χ0n) is 10.9. The van der Waals surface area contributed by atoms with Crippen LogP contribution in [0.3, 0.4) is 0 Å². The summed E-state index contributed by atoms with van der Waals surface area (Å²) in [6.07, 6.45) is 0. The van der Waals surface area contributed by atoms with Crippen LogP contribution < -0.4 is 4.74 Å². The molecule has 0 atom stereocenters. The highest BCUT2D eigenvalue weighted by Crippen LogP contribution is 2.17. The molecule has 0 aliphatic heterocycles. The molecule has 0 fully saturated rings. The molecule has 0 aliphatic rings. The van der Waals surface area contributed by atoms with Gasteiger partial charge in [-0.15, -0.1) is 0 Å². The third-order valence-corrected chi connectivity index (χ3v) is 2.85. The minimum Gasteiger partial charge on any atom is -0.485 e. The number of nitro benzene ring substituents is 1. The Morgan fingerprint density at radius 2 is 1.80 bits per heavy atom. The third kappa shape index (κ3) is 3.20. The molecule has 102 valence electrons. The van der Waals surface area contributed by atoms with E-state index in [0.29, 0.717) is 11.3 Å². The van der Waals surface area contributed by atoms with Gasteiger partial charge >= 0.3 is 0 Å². The number of carbonyl (C=O) groups is 1. The molecule has 0 aromatic heterocycles. The molecule has 20 heavy (non-hydrogen) atoms. The number of non-ortho nitro benzene ring substituents is 1. The van der Waals surface area contributed by atoms with E-state index in [9.17, 15) is 14.9 Å². The van der Waals surface area contributed by atoms with Crippen molar-refractivity contribution in [2.75, 3.05) is 6.61 Å². The number of rotatable bonds is 5. The van der Waals surface area contributed by atoms with Gasteiger partial charge in [0.25, 0.3) is 5.69 Å². The molecule has 5 nitrogen and oxygen atoms in total.